The number of hydrogen-bond donors (Lipinski definition) is 0. The molecule has 2 nitrogen and oxygen atoms in total. The molecule has 0 unspecified atom stereocenters. The first-order valence-corrected chi connectivity index (χ1v) is 7.38. The van der Waals surface area contributed by atoms with Crippen LogP contribution < -0.4 is 4.74 Å². The number of halogens is 3. The lowest BCUT2D eigenvalue weighted by Crippen LogP contribution is -2.10. The average molecular weight is 372 g/mol. The molecular formula is C16H13BrClFO2. The molecule has 0 N–H and O–H groups in total. The van der Waals surface area contributed by atoms with Gasteiger partial charge in [0.25, 0.3) is 0 Å². The van der Waals surface area contributed by atoms with Crippen LogP contribution >= 0.6 is 27.5 Å². The maximum Gasteiger partial charge on any atom is 0.200 e. The van der Waals surface area contributed by atoms with Crippen molar-refractivity contribution < 1.29 is 13.9 Å². The second kappa shape index (κ2) is 6.16. The van der Waals surface area contributed by atoms with Crippen molar-refractivity contribution in [3.8, 4) is 5.75 Å². The average Bonchev–Trinajstić information content (AvgIpc) is 2.44. The van der Waals surface area contributed by atoms with Crippen molar-refractivity contribution in [2.24, 2.45) is 0 Å². The topological polar surface area (TPSA) is 26.3 Å². The van der Waals surface area contributed by atoms with Crippen LogP contribution in [0.4, 0.5) is 4.39 Å². The molecule has 0 aliphatic carbocycles. The molecule has 0 amide bonds. The zero-order chi connectivity index (χ0) is 15.7. The summed E-state index contributed by atoms with van der Waals surface area (Å²) in [4.78, 5) is 12.7. The van der Waals surface area contributed by atoms with Crippen molar-refractivity contribution in [2.45, 2.75) is 13.8 Å². The van der Waals surface area contributed by atoms with Crippen molar-refractivity contribution in [3.05, 3.63) is 61.8 Å². The summed E-state index contributed by atoms with van der Waals surface area (Å²) in [5, 5.41) is -0.0795. The Hall–Kier alpha value is -1.39. The van der Waals surface area contributed by atoms with Gasteiger partial charge in [0.1, 0.15) is 5.75 Å². The summed E-state index contributed by atoms with van der Waals surface area (Å²) in [6, 6.07) is 6.23. The fraction of sp³-hybridized carbons (Fsp3) is 0.188. The third-order valence-electron chi connectivity index (χ3n) is 3.29. The first-order valence-electron chi connectivity index (χ1n) is 6.20. The van der Waals surface area contributed by atoms with E-state index in [0.29, 0.717) is 16.9 Å². The fourth-order valence-corrected chi connectivity index (χ4v) is 2.92. The minimum absolute atomic E-state index is 0.0681. The molecule has 0 aliphatic rings. The highest BCUT2D eigenvalue weighted by atomic mass is 79.9. The number of aryl methyl sites for hydroxylation is 1. The Labute approximate surface area is 136 Å². The number of carbonyl (C=O) groups excluding carboxylic acids is 1. The SMILES string of the molecule is COc1c(C)cc(Br)c(C)c1C(=O)c1cccc(Cl)c1F. The van der Waals surface area contributed by atoms with Crippen molar-refractivity contribution in [3.63, 3.8) is 0 Å². The van der Waals surface area contributed by atoms with Crippen LogP contribution in [0, 0.1) is 19.7 Å². The third-order valence-corrected chi connectivity index (χ3v) is 4.40. The molecule has 2 aromatic rings. The molecule has 0 saturated heterocycles. The molecule has 0 bridgehead atoms. The lowest BCUT2D eigenvalue weighted by molar-refractivity contribution is 0.103. The molecule has 0 radical (unpaired) electrons. The summed E-state index contributed by atoms with van der Waals surface area (Å²) < 4.78 is 20.2. The number of ether oxygens (including phenoxy) is 1. The van der Waals surface area contributed by atoms with E-state index in [4.69, 9.17) is 16.3 Å². The van der Waals surface area contributed by atoms with Crippen LogP contribution in [0.2, 0.25) is 5.02 Å². The van der Waals surface area contributed by atoms with Gasteiger partial charge in [-0.3, -0.25) is 4.79 Å². The molecule has 0 fully saturated rings. The lowest BCUT2D eigenvalue weighted by atomic mass is 9.95. The van der Waals surface area contributed by atoms with Crippen LogP contribution in [0.3, 0.4) is 0 Å². The number of benzene rings is 2. The third kappa shape index (κ3) is 2.83. The minimum atomic E-state index is -0.719. The number of carbonyl (C=O) groups is 1. The van der Waals surface area contributed by atoms with Gasteiger partial charge in [-0.2, -0.15) is 0 Å². The maximum atomic E-state index is 14.1. The molecule has 0 aliphatic heterocycles. The molecule has 0 spiro atoms. The predicted molar refractivity (Wildman–Crippen MR) is 85.0 cm³/mol. The lowest BCUT2D eigenvalue weighted by Gasteiger charge is -2.15. The van der Waals surface area contributed by atoms with E-state index in [1.165, 1.54) is 19.2 Å². The summed E-state index contributed by atoms with van der Waals surface area (Å²) in [7, 11) is 1.49. The van der Waals surface area contributed by atoms with E-state index in [2.05, 4.69) is 15.9 Å². The molecule has 0 atom stereocenters. The van der Waals surface area contributed by atoms with Crippen LogP contribution in [0.15, 0.2) is 28.7 Å². The first-order chi connectivity index (χ1) is 9.88. The summed E-state index contributed by atoms with van der Waals surface area (Å²) >= 11 is 9.16. The van der Waals surface area contributed by atoms with Gasteiger partial charge in [-0.05, 0) is 43.2 Å². The zero-order valence-corrected chi connectivity index (χ0v) is 14.1. The van der Waals surface area contributed by atoms with E-state index in [9.17, 15) is 9.18 Å². The maximum absolute atomic E-state index is 14.1. The van der Waals surface area contributed by atoms with Crippen LogP contribution in [0.25, 0.3) is 0 Å². The van der Waals surface area contributed by atoms with E-state index in [1.54, 1.807) is 13.0 Å². The van der Waals surface area contributed by atoms with Crippen molar-refractivity contribution in [1.29, 1.82) is 0 Å². The Bertz CT molecular complexity index is 729. The van der Waals surface area contributed by atoms with Gasteiger partial charge in [0.15, 0.2) is 11.6 Å². The van der Waals surface area contributed by atoms with Gasteiger partial charge in [0.05, 0.1) is 23.3 Å². The zero-order valence-electron chi connectivity index (χ0n) is 11.8. The molecule has 21 heavy (non-hydrogen) atoms. The van der Waals surface area contributed by atoms with Crippen LogP contribution in [0.5, 0.6) is 5.75 Å². The monoisotopic (exact) mass is 370 g/mol. The second-order valence-electron chi connectivity index (χ2n) is 4.64. The van der Waals surface area contributed by atoms with Gasteiger partial charge in [-0.1, -0.05) is 33.6 Å². The Kier molecular flexibility index (Phi) is 4.69. The van der Waals surface area contributed by atoms with Crippen LogP contribution in [-0.2, 0) is 0 Å². The van der Waals surface area contributed by atoms with E-state index < -0.39 is 11.6 Å². The van der Waals surface area contributed by atoms with Crippen molar-refractivity contribution >= 4 is 33.3 Å². The van der Waals surface area contributed by atoms with Gasteiger partial charge >= 0.3 is 0 Å². The van der Waals surface area contributed by atoms with Gasteiger partial charge in [-0.15, -0.1) is 0 Å². The van der Waals surface area contributed by atoms with Crippen LogP contribution in [0.1, 0.15) is 27.0 Å². The van der Waals surface area contributed by atoms with E-state index in [-0.39, 0.29) is 10.6 Å². The van der Waals surface area contributed by atoms with Crippen LogP contribution in [-0.4, -0.2) is 12.9 Å². The smallest absolute Gasteiger partial charge is 0.200 e. The van der Waals surface area contributed by atoms with Gasteiger partial charge in [-0.25, -0.2) is 4.39 Å². The van der Waals surface area contributed by atoms with Gasteiger partial charge in [0, 0.05) is 4.47 Å². The summed E-state index contributed by atoms with van der Waals surface area (Å²) in [5.74, 6) is -0.725. The normalized spacial score (nSPS) is 10.6. The number of rotatable bonds is 3. The molecule has 5 heteroatoms. The van der Waals surface area contributed by atoms with Crippen molar-refractivity contribution in [1.82, 2.24) is 0 Å². The van der Waals surface area contributed by atoms with Crippen molar-refractivity contribution in [2.75, 3.05) is 7.11 Å². The minimum Gasteiger partial charge on any atom is -0.496 e. The predicted octanol–water partition coefficient (Wildman–Crippen LogP) is 5.10. The molecular weight excluding hydrogens is 359 g/mol. The number of hydrogen-bond acceptors (Lipinski definition) is 2. The molecule has 2 aromatic carbocycles. The highest BCUT2D eigenvalue weighted by molar-refractivity contribution is 9.10. The fourth-order valence-electron chi connectivity index (χ4n) is 2.20. The molecule has 110 valence electrons. The molecule has 0 aromatic heterocycles. The molecule has 0 saturated carbocycles. The second-order valence-corrected chi connectivity index (χ2v) is 5.90. The quantitative estimate of drug-likeness (QED) is 0.702. The Morgan fingerprint density at radius 2 is 2.00 bits per heavy atom. The largest absolute Gasteiger partial charge is 0.496 e. The van der Waals surface area contributed by atoms with E-state index in [0.717, 1.165) is 10.0 Å². The summed E-state index contributed by atoms with van der Waals surface area (Å²) in [6.07, 6.45) is 0. The van der Waals surface area contributed by atoms with E-state index >= 15 is 0 Å². The Morgan fingerprint density at radius 1 is 1.33 bits per heavy atom. The molecule has 0 heterocycles. The summed E-state index contributed by atoms with van der Waals surface area (Å²) in [6.45, 7) is 3.61. The highest BCUT2D eigenvalue weighted by Gasteiger charge is 2.24. The first kappa shape index (κ1) is 16.0. The number of ketones is 1. The van der Waals surface area contributed by atoms with Gasteiger partial charge < -0.3 is 4.74 Å². The molecule has 2 rings (SSSR count). The standard InChI is InChI=1S/C16H13BrClFO2/c1-8-7-11(17)9(2)13(16(8)21-3)15(20)10-5-4-6-12(18)14(10)19/h4-7H,1-3H3. The van der Waals surface area contributed by atoms with E-state index in [1.807, 2.05) is 13.0 Å². The summed E-state index contributed by atoms with van der Waals surface area (Å²) in [5.41, 5.74) is 1.76. The number of methoxy groups -OCH3 is 1. The van der Waals surface area contributed by atoms with Gasteiger partial charge in [0.2, 0.25) is 0 Å². The highest BCUT2D eigenvalue weighted by Crippen LogP contribution is 2.34. The Balaban J connectivity index is 2.72. The Morgan fingerprint density at radius 3 is 2.62 bits per heavy atom.